The van der Waals surface area contributed by atoms with Crippen LogP contribution in [0, 0.1) is 0 Å². The molecule has 0 bridgehead atoms. The van der Waals surface area contributed by atoms with Crippen LogP contribution in [0.4, 0.5) is 0 Å². The van der Waals surface area contributed by atoms with Crippen LogP contribution in [0.3, 0.4) is 0 Å². The van der Waals surface area contributed by atoms with Crippen LogP contribution >= 0.6 is 0 Å². The van der Waals surface area contributed by atoms with Gasteiger partial charge in [0.25, 0.3) is 0 Å². The largest absolute Gasteiger partial charge is 0.370 e. The molecule has 0 unspecified atom stereocenters. The van der Waals surface area contributed by atoms with Crippen molar-refractivity contribution in [1.82, 2.24) is 5.06 Å². The van der Waals surface area contributed by atoms with Crippen LogP contribution in [-0.2, 0) is 15.2 Å². The Bertz CT molecular complexity index is 597. The van der Waals surface area contributed by atoms with Gasteiger partial charge in [0.15, 0.2) is 0 Å². The van der Waals surface area contributed by atoms with E-state index in [1.54, 1.807) is 53.6 Å². The first-order valence-corrected chi connectivity index (χ1v) is 8.02. The van der Waals surface area contributed by atoms with Crippen LogP contribution in [0.5, 0.6) is 0 Å². The fraction of sp³-hybridized carbons (Fsp3) is 0.316. The fourth-order valence-electron chi connectivity index (χ4n) is 2.90. The van der Waals surface area contributed by atoms with Crippen LogP contribution in [0.2, 0.25) is 0 Å². The lowest BCUT2D eigenvalue weighted by Crippen LogP contribution is -2.43. The van der Waals surface area contributed by atoms with E-state index in [4.69, 9.17) is 4.84 Å². The molecule has 1 aliphatic heterocycles. The Labute approximate surface area is 136 Å². The molecule has 120 valence electrons. The summed E-state index contributed by atoms with van der Waals surface area (Å²) in [6, 6.07) is 17.9. The summed E-state index contributed by atoms with van der Waals surface area (Å²) in [5, 5.41) is 12.9. The molecule has 2 aromatic carbocycles. The number of hydroxylamine groups is 2. The quantitative estimate of drug-likeness (QED) is 0.943. The van der Waals surface area contributed by atoms with E-state index >= 15 is 0 Å². The molecule has 1 saturated heterocycles. The second kappa shape index (κ2) is 6.94. The predicted octanol–water partition coefficient (Wildman–Crippen LogP) is 2.87. The average molecular weight is 311 g/mol. The van der Waals surface area contributed by atoms with Gasteiger partial charge in [0.2, 0.25) is 5.60 Å². The number of nitrogens with zero attached hydrogens (tertiary/aromatic N) is 1. The van der Waals surface area contributed by atoms with E-state index < -0.39 is 11.6 Å². The summed E-state index contributed by atoms with van der Waals surface area (Å²) in [5.74, 6) is -0.656. The summed E-state index contributed by atoms with van der Waals surface area (Å²) < 4.78 is 0. The van der Waals surface area contributed by atoms with Crippen molar-refractivity contribution < 1.29 is 14.7 Å². The van der Waals surface area contributed by atoms with Crippen LogP contribution < -0.4 is 0 Å². The van der Waals surface area contributed by atoms with Crippen LogP contribution in [0.25, 0.3) is 0 Å². The molecule has 0 amide bonds. The molecule has 0 aromatic heterocycles. The lowest BCUT2D eigenvalue weighted by Gasteiger charge is -2.31. The van der Waals surface area contributed by atoms with Gasteiger partial charge in [-0.25, -0.2) is 4.79 Å². The van der Waals surface area contributed by atoms with Crippen molar-refractivity contribution in [2.24, 2.45) is 0 Å². The van der Waals surface area contributed by atoms with E-state index in [0.29, 0.717) is 24.2 Å². The van der Waals surface area contributed by atoms with E-state index in [1.165, 1.54) is 0 Å². The van der Waals surface area contributed by atoms with Gasteiger partial charge >= 0.3 is 5.97 Å². The molecular weight excluding hydrogens is 290 g/mol. The zero-order valence-electron chi connectivity index (χ0n) is 13.0. The van der Waals surface area contributed by atoms with E-state index in [9.17, 15) is 9.90 Å². The molecule has 2 aromatic rings. The molecule has 0 atom stereocenters. The third-order valence-corrected chi connectivity index (χ3v) is 4.21. The first-order chi connectivity index (χ1) is 11.2. The zero-order chi connectivity index (χ0) is 16.1. The number of aliphatic hydroxyl groups is 1. The molecule has 0 spiro atoms. The Morgan fingerprint density at radius 3 is 1.83 bits per heavy atom. The second-order valence-corrected chi connectivity index (χ2v) is 5.81. The van der Waals surface area contributed by atoms with Crippen molar-refractivity contribution in [3.8, 4) is 0 Å². The molecule has 1 aliphatic rings. The van der Waals surface area contributed by atoms with Crippen LogP contribution in [0.15, 0.2) is 60.7 Å². The molecule has 23 heavy (non-hydrogen) atoms. The lowest BCUT2D eigenvalue weighted by atomic mass is 9.86. The topological polar surface area (TPSA) is 49.8 Å². The molecule has 1 fully saturated rings. The van der Waals surface area contributed by atoms with E-state index in [-0.39, 0.29) is 0 Å². The number of carbonyl (C=O) groups excluding carboxylic acids is 1. The molecule has 4 heteroatoms. The number of piperidine rings is 1. The SMILES string of the molecule is O=C(ON1CCCCC1)C(O)(c1ccccc1)c1ccccc1. The van der Waals surface area contributed by atoms with Gasteiger partial charge in [0.1, 0.15) is 0 Å². The summed E-state index contributed by atoms with van der Waals surface area (Å²) in [5.41, 5.74) is -0.790. The second-order valence-electron chi connectivity index (χ2n) is 5.81. The van der Waals surface area contributed by atoms with Gasteiger partial charge < -0.3 is 9.94 Å². The van der Waals surface area contributed by atoms with Crippen molar-refractivity contribution in [3.63, 3.8) is 0 Å². The smallest absolute Gasteiger partial charge is 0.366 e. The molecule has 1 N–H and O–H groups in total. The number of rotatable bonds is 4. The van der Waals surface area contributed by atoms with Crippen molar-refractivity contribution in [1.29, 1.82) is 0 Å². The lowest BCUT2D eigenvalue weighted by molar-refractivity contribution is -0.211. The van der Waals surface area contributed by atoms with Gasteiger partial charge in [0, 0.05) is 13.1 Å². The monoisotopic (exact) mass is 311 g/mol. The highest BCUT2D eigenvalue weighted by Gasteiger charge is 2.42. The highest BCUT2D eigenvalue weighted by molar-refractivity contribution is 5.85. The van der Waals surface area contributed by atoms with Gasteiger partial charge in [0.05, 0.1) is 0 Å². The average Bonchev–Trinajstić information content (AvgIpc) is 2.63. The maximum absolute atomic E-state index is 12.8. The number of hydrogen-bond acceptors (Lipinski definition) is 4. The highest BCUT2D eigenvalue weighted by Crippen LogP contribution is 2.31. The Morgan fingerprint density at radius 2 is 1.35 bits per heavy atom. The molecule has 1 heterocycles. The van der Waals surface area contributed by atoms with E-state index in [1.807, 2.05) is 12.1 Å². The molecule has 0 saturated carbocycles. The van der Waals surface area contributed by atoms with E-state index in [0.717, 1.165) is 19.3 Å². The van der Waals surface area contributed by atoms with Gasteiger partial charge in [-0.05, 0) is 24.0 Å². The first-order valence-electron chi connectivity index (χ1n) is 8.02. The Hall–Kier alpha value is -2.17. The Balaban J connectivity index is 1.93. The molecule has 0 radical (unpaired) electrons. The summed E-state index contributed by atoms with van der Waals surface area (Å²) >= 11 is 0. The van der Waals surface area contributed by atoms with Gasteiger partial charge in [-0.2, -0.15) is 0 Å². The minimum absolute atomic E-state index is 0.508. The Morgan fingerprint density at radius 1 is 0.870 bits per heavy atom. The minimum Gasteiger partial charge on any atom is -0.370 e. The maximum atomic E-state index is 12.8. The summed E-state index contributed by atoms with van der Waals surface area (Å²) in [6.45, 7) is 1.43. The molecule has 3 rings (SSSR count). The third-order valence-electron chi connectivity index (χ3n) is 4.21. The zero-order valence-corrected chi connectivity index (χ0v) is 13.0. The number of benzene rings is 2. The Kier molecular flexibility index (Phi) is 4.74. The third kappa shape index (κ3) is 3.28. The maximum Gasteiger partial charge on any atom is 0.366 e. The molecule has 4 nitrogen and oxygen atoms in total. The number of carbonyl (C=O) groups is 1. The van der Waals surface area contributed by atoms with Gasteiger partial charge in [-0.15, -0.1) is 5.06 Å². The summed E-state index contributed by atoms with van der Waals surface area (Å²) in [4.78, 5) is 18.3. The van der Waals surface area contributed by atoms with Gasteiger partial charge in [-0.1, -0.05) is 67.1 Å². The molecular formula is C19H21NO3. The first kappa shape index (κ1) is 15.7. The predicted molar refractivity (Wildman–Crippen MR) is 87.4 cm³/mol. The normalized spacial score (nSPS) is 16.0. The molecule has 0 aliphatic carbocycles. The van der Waals surface area contributed by atoms with Crippen molar-refractivity contribution >= 4 is 5.97 Å². The van der Waals surface area contributed by atoms with Crippen molar-refractivity contribution in [2.45, 2.75) is 24.9 Å². The van der Waals surface area contributed by atoms with Crippen LogP contribution in [-0.4, -0.2) is 29.2 Å². The summed E-state index contributed by atoms with van der Waals surface area (Å²) in [7, 11) is 0. The fourth-order valence-corrected chi connectivity index (χ4v) is 2.90. The van der Waals surface area contributed by atoms with Gasteiger partial charge in [-0.3, -0.25) is 0 Å². The standard InChI is InChI=1S/C19H21NO3/c21-18(23-20-14-8-3-9-15-20)19(22,16-10-4-1-5-11-16)17-12-6-2-7-13-17/h1-2,4-7,10-13,22H,3,8-9,14-15H2. The summed E-state index contributed by atoms with van der Waals surface area (Å²) in [6.07, 6.45) is 3.15. The number of hydrogen-bond donors (Lipinski definition) is 1. The van der Waals surface area contributed by atoms with Crippen molar-refractivity contribution in [2.75, 3.05) is 13.1 Å². The minimum atomic E-state index is -1.81. The highest BCUT2D eigenvalue weighted by atomic mass is 16.7. The van der Waals surface area contributed by atoms with Crippen LogP contribution in [0.1, 0.15) is 30.4 Å². The van der Waals surface area contributed by atoms with Crippen molar-refractivity contribution in [3.05, 3.63) is 71.8 Å². The van der Waals surface area contributed by atoms with E-state index in [2.05, 4.69) is 0 Å².